The smallest absolute Gasteiger partial charge is 0.313 e. The van der Waals surface area contributed by atoms with Crippen LogP contribution < -0.4 is 0 Å². The van der Waals surface area contributed by atoms with Gasteiger partial charge in [0, 0.05) is 10.6 Å². The maximum atomic E-state index is 10.4. The zero-order valence-electron chi connectivity index (χ0n) is 8.49. The zero-order valence-corrected chi connectivity index (χ0v) is 10.1. The first-order valence-electron chi connectivity index (χ1n) is 5.15. The van der Waals surface area contributed by atoms with Gasteiger partial charge in [0.1, 0.15) is 0 Å². The monoisotopic (exact) mass is 242 g/mol. The Balaban J connectivity index is 1.96. The lowest BCUT2D eigenvalue weighted by molar-refractivity contribution is -0.133. The standard InChI is InChI=1S/C11H14O2S2/c12-11(13)7-14-5-8-6-15-10-4-2-1-3-9(8)10/h6H,1-5,7H2,(H,12,13). The van der Waals surface area contributed by atoms with E-state index in [1.807, 2.05) is 11.3 Å². The number of thiophene rings is 1. The van der Waals surface area contributed by atoms with E-state index in [9.17, 15) is 4.79 Å². The molecule has 4 heteroatoms. The predicted octanol–water partition coefficient (Wildman–Crippen LogP) is 2.94. The first-order chi connectivity index (χ1) is 7.27. The summed E-state index contributed by atoms with van der Waals surface area (Å²) in [4.78, 5) is 11.9. The van der Waals surface area contributed by atoms with E-state index in [1.54, 1.807) is 0 Å². The Morgan fingerprint density at radius 2 is 2.27 bits per heavy atom. The lowest BCUT2D eigenvalue weighted by Crippen LogP contribution is -2.02. The summed E-state index contributed by atoms with van der Waals surface area (Å²) in [7, 11) is 0. The van der Waals surface area contributed by atoms with Crippen LogP contribution in [0.3, 0.4) is 0 Å². The van der Waals surface area contributed by atoms with Crippen LogP contribution in [0.4, 0.5) is 0 Å². The van der Waals surface area contributed by atoms with Crippen molar-refractivity contribution in [2.75, 3.05) is 5.75 Å². The van der Waals surface area contributed by atoms with Crippen molar-refractivity contribution in [3.63, 3.8) is 0 Å². The van der Waals surface area contributed by atoms with Gasteiger partial charge in [-0.05, 0) is 42.2 Å². The SMILES string of the molecule is O=C(O)CSCc1csc2c1CCCC2. The molecule has 0 saturated heterocycles. The molecule has 82 valence electrons. The average Bonchev–Trinajstić information content (AvgIpc) is 2.62. The number of carboxylic acids is 1. The van der Waals surface area contributed by atoms with Gasteiger partial charge in [0.2, 0.25) is 0 Å². The Labute approximate surface area is 97.7 Å². The van der Waals surface area contributed by atoms with Crippen LogP contribution in [0.5, 0.6) is 0 Å². The quantitative estimate of drug-likeness (QED) is 0.882. The summed E-state index contributed by atoms with van der Waals surface area (Å²) in [6, 6.07) is 0. The normalized spacial score (nSPS) is 14.9. The second-order valence-electron chi connectivity index (χ2n) is 3.76. The van der Waals surface area contributed by atoms with E-state index in [0.717, 1.165) is 5.75 Å². The molecule has 1 aliphatic rings. The number of hydrogen-bond donors (Lipinski definition) is 1. The topological polar surface area (TPSA) is 37.3 Å². The van der Waals surface area contributed by atoms with Crippen LogP contribution in [0.1, 0.15) is 28.8 Å². The number of hydrogen-bond acceptors (Lipinski definition) is 3. The van der Waals surface area contributed by atoms with Crippen LogP contribution in [-0.4, -0.2) is 16.8 Å². The van der Waals surface area contributed by atoms with Gasteiger partial charge < -0.3 is 5.11 Å². The molecule has 0 amide bonds. The van der Waals surface area contributed by atoms with Gasteiger partial charge in [-0.25, -0.2) is 0 Å². The van der Waals surface area contributed by atoms with Gasteiger partial charge in [-0.3, -0.25) is 4.79 Å². The van der Waals surface area contributed by atoms with Crippen LogP contribution in [0, 0.1) is 0 Å². The van der Waals surface area contributed by atoms with E-state index in [-0.39, 0.29) is 5.75 Å². The molecule has 0 aliphatic heterocycles. The minimum Gasteiger partial charge on any atom is -0.481 e. The first kappa shape index (κ1) is 11.0. The van der Waals surface area contributed by atoms with Gasteiger partial charge in [0.15, 0.2) is 0 Å². The molecule has 0 saturated carbocycles. The Bertz CT molecular complexity index is 357. The molecule has 15 heavy (non-hydrogen) atoms. The number of carboxylic acid groups (broad SMARTS) is 1. The lowest BCUT2D eigenvalue weighted by atomic mass is 9.97. The molecule has 0 bridgehead atoms. The number of aryl methyl sites for hydroxylation is 1. The molecule has 1 N–H and O–H groups in total. The van der Waals surface area contributed by atoms with Gasteiger partial charge in [-0.1, -0.05) is 0 Å². The number of carbonyl (C=O) groups is 1. The number of rotatable bonds is 4. The fourth-order valence-corrected chi connectivity index (χ4v) is 3.94. The highest BCUT2D eigenvalue weighted by Gasteiger charge is 2.15. The Hall–Kier alpha value is -0.480. The maximum absolute atomic E-state index is 10.4. The molecule has 0 atom stereocenters. The van der Waals surface area contributed by atoms with Crippen molar-refractivity contribution in [2.24, 2.45) is 0 Å². The molecule has 1 heterocycles. The highest BCUT2D eigenvalue weighted by Crippen LogP contribution is 2.32. The van der Waals surface area contributed by atoms with Crippen LogP contribution >= 0.6 is 23.1 Å². The van der Waals surface area contributed by atoms with Crippen molar-refractivity contribution in [2.45, 2.75) is 31.4 Å². The summed E-state index contributed by atoms with van der Waals surface area (Å²) in [5.41, 5.74) is 2.89. The van der Waals surface area contributed by atoms with Crippen molar-refractivity contribution in [3.8, 4) is 0 Å². The Morgan fingerprint density at radius 3 is 3.07 bits per heavy atom. The van der Waals surface area contributed by atoms with Gasteiger partial charge in [-0.2, -0.15) is 0 Å². The molecular formula is C11H14O2S2. The molecule has 1 aromatic rings. The summed E-state index contributed by atoms with van der Waals surface area (Å²) in [6.45, 7) is 0. The second-order valence-corrected chi connectivity index (χ2v) is 5.71. The highest BCUT2D eigenvalue weighted by molar-refractivity contribution is 7.99. The highest BCUT2D eigenvalue weighted by atomic mass is 32.2. The molecule has 2 nitrogen and oxygen atoms in total. The molecule has 0 unspecified atom stereocenters. The van der Waals surface area contributed by atoms with Crippen molar-refractivity contribution >= 4 is 29.1 Å². The third-order valence-corrected chi connectivity index (χ3v) is 4.73. The van der Waals surface area contributed by atoms with Crippen molar-refractivity contribution in [1.29, 1.82) is 0 Å². The molecule has 0 aromatic carbocycles. The van der Waals surface area contributed by atoms with E-state index in [2.05, 4.69) is 5.38 Å². The molecular weight excluding hydrogens is 228 g/mol. The van der Waals surface area contributed by atoms with E-state index < -0.39 is 5.97 Å². The fourth-order valence-electron chi connectivity index (χ4n) is 1.93. The van der Waals surface area contributed by atoms with Crippen LogP contribution in [-0.2, 0) is 23.4 Å². The largest absolute Gasteiger partial charge is 0.481 e. The minimum absolute atomic E-state index is 0.213. The Kier molecular flexibility index (Phi) is 3.70. The molecule has 0 radical (unpaired) electrons. The number of aliphatic carboxylic acids is 1. The van der Waals surface area contributed by atoms with Crippen molar-refractivity contribution in [3.05, 3.63) is 21.4 Å². The van der Waals surface area contributed by atoms with Crippen LogP contribution in [0.25, 0.3) is 0 Å². The van der Waals surface area contributed by atoms with Crippen molar-refractivity contribution < 1.29 is 9.90 Å². The number of fused-ring (bicyclic) bond motifs is 1. The van der Waals surface area contributed by atoms with Gasteiger partial charge >= 0.3 is 5.97 Å². The van der Waals surface area contributed by atoms with E-state index in [4.69, 9.17) is 5.11 Å². The first-order valence-corrected chi connectivity index (χ1v) is 7.18. The van der Waals surface area contributed by atoms with Crippen LogP contribution in [0.15, 0.2) is 5.38 Å². The second kappa shape index (κ2) is 5.03. The van der Waals surface area contributed by atoms with E-state index >= 15 is 0 Å². The Morgan fingerprint density at radius 1 is 1.47 bits per heavy atom. The van der Waals surface area contributed by atoms with Crippen LogP contribution in [0.2, 0.25) is 0 Å². The molecule has 2 rings (SSSR count). The zero-order chi connectivity index (χ0) is 10.7. The summed E-state index contributed by atoms with van der Waals surface area (Å²) in [5.74, 6) is 0.354. The molecule has 0 spiro atoms. The van der Waals surface area contributed by atoms with Crippen molar-refractivity contribution in [1.82, 2.24) is 0 Å². The average molecular weight is 242 g/mol. The van der Waals surface area contributed by atoms with Gasteiger partial charge in [0.05, 0.1) is 5.75 Å². The summed E-state index contributed by atoms with van der Waals surface area (Å²) >= 11 is 3.35. The fraction of sp³-hybridized carbons (Fsp3) is 0.545. The van der Waals surface area contributed by atoms with E-state index in [0.29, 0.717) is 0 Å². The third kappa shape index (κ3) is 2.75. The third-order valence-electron chi connectivity index (χ3n) is 2.63. The van der Waals surface area contributed by atoms with Gasteiger partial charge in [-0.15, -0.1) is 23.1 Å². The lowest BCUT2D eigenvalue weighted by Gasteiger charge is -2.12. The summed E-state index contributed by atoms with van der Waals surface area (Å²) in [5, 5.41) is 10.8. The molecule has 1 aromatic heterocycles. The predicted molar refractivity (Wildman–Crippen MR) is 64.8 cm³/mol. The summed E-state index contributed by atoms with van der Waals surface area (Å²) in [6.07, 6.45) is 5.03. The van der Waals surface area contributed by atoms with E-state index in [1.165, 1.54) is 53.4 Å². The van der Waals surface area contributed by atoms with Gasteiger partial charge in [0.25, 0.3) is 0 Å². The minimum atomic E-state index is -0.718. The molecule has 0 fully saturated rings. The maximum Gasteiger partial charge on any atom is 0.313 e. The molecule has 1 aliphatic carbocycles. The summed E-state index contributed by atoms with van der Waals surface area (Å²) < 4.78 is 0. The number of thioether (sulfide) groups is 1.